The van der Waals surface area contributed by atoms with Gasteiger partial charge in [-0.2, -0.15) is 0 Å². The Hall–Kier alpha value is -1.37. The highest BCUT2D eigenvalue weighted by Crippen LogP contribution is 2.30. The number of nitrogens with one attached hydrogen (secondary N) is 1. The van der Waals surface area contributed by atoms with Crippen molar-refractivity contribution in [1.29, 1.82) is 0 Å². The summed E-state index contributed by atoms with van der Waals surface area (Å²) in [6.45, 7) is 2.29. The Morgan fingerprint density at radius 3 is 2.70 bits per heavy atom. The van der Waals surface area contributed by atoms with Crippen LogP contribution >= 0.6 is 23.2 Å². The quantitative estimate of drug-likeness (QED) is 0.645. The molecule has 0 fully saturated rings. The van der Waals surface area contributed by atoms with Crippen LogP contribution in [0.5, 0.6) is 0 Å². The number of hydrogen-bond donors (Lipinski definition) is 1. The fourth-order valence-electron chi connectivity index (χ4n) is 1.51. The lowest BCUT2D eigenvalue weighted by molar-refractivity contribution is -0.384. The molecule has 1 atom stereocenters. The number of hydrogen-bond acceptors (Lipinski definition) is 4. The van der Waals surface area contributed by atoms with E-state index in [1.54, 1.807) is 14.0 Å². The largest absolute Gasteiger partial charge is 0.385 e. The van der Waals surface area contributed by atoms with Crippen molar-refractivity contribution in [3.05, 3.63) is 37.9 Å². The highest BCUT2D eigenvalue weighted by Gasteiger charge is 2.20. The minimum absolute atomic E-state index is 0.00583. The number of nitro groups is 1. The number of carbonyl (C=O) groups is 1. The molecule has 1 rings (SSSR count). The number of non-ortho nitro benzene ring substituents is 1. The van der Waals surface area contributed by atoms with Gasteiger partial charge in [0.15, 0.2) is 0 Å². The number of amides is 1. The van der Waals surface area contributed by atoms with E-state index in [9.17, 15) is 14.9 Å². The first-order valence-corrected chi connectivity index (χ1v) is 6.55. The molecule has 0 saturated heterocycles. The third kappa shape index (κ3) is 4.33. The van der Waals surface area contributed by atoms with E-state index >= 15 is 0 Å². The molecule has 1 aromatic rings. The van der Waals surface area contributed by atoms with Gasteiger partial charge in [-0.1, -0.05) is 23.2 Å². The molecule has 0 aromatic heterocycles. The van der Waals surface area contributed by atoms with Crippen LogP contribution in [0.3, 0.4) is 0 Å². The number of nitrogens with zero attached hydrogens (tertiary/aromatic N) is 1. The SMILES string of the molecule is COCCC(C)NC(=O)c1cc([N+](=O)[O-])cc(Cl)c1Cl. The minimum atomic E-state index is -0.632. The molecular weight excluding hydrogens is 307 g/mol. The second kappa shape index (κ2) is 7.42. The van der Waals surface area contributed by atoms with Crippen molar-refractivity contribution in [1.82, 2.24) is 5.32 Å². The lowest BCUT2D eigenvalue weighted by atomic mass is 10.1. The number of ether oxygens (including phenoxy) is 1. The summed E-state index contributed by atoms with van der Waals surface area (Å²) in [6, 6.07) is 2.05. The van der Waals surface area contributed by atoms with Crippen LogP contribution in [0.2, 0.25) is 10.0 Å². The molecule has 6 nitrogen and oxygen atoms in total. The number of methoxy groups -OCH3 is 1. The van der Waals surface area contributed by atoms with E-state index in [1.165, 1.54) is 0 Å². The van der Waals surface area contributed by atoms with E-state index in [1.807, 2.05) is 0 Å². The molecule has 110 valence electrons. The summed E-state index contributed by atoms with van der Waals surface area (Å²) < 4.78 is 4.91. The van der Waals surface area contributed by atoms with Crippen LogP contribution in [0, 0.1) is 10.1 Å². The van der Waals surface area contributed by atoms with Gasteiger partial charge in [-0.3, -0.25) is 14.9 Å². The van der Waals surface area contributed by atoms with E-state index < -0.39 is 10.8 Å². The average Bonchev–Trinajstić information content (AvgIpc) is 2.38. The molecule has 8 heteroatoms. The van der Waals surface area contributed by atoms with Gasteiger partial charge in [0.1, 0.15) is 0 Å². The highest BCUT2D eigenvalue weighted by atomic mass is 35.5. The maximum absolute atomic E-state index is 12.0. The Kier molecular flexibility index (Phi) is 6.19. The van der Waals surface area contributed by atoms with E-state index in [2.05, 4.69) is 5.32 Å². The summed E-state index contributed by atoms with van der Waals surface area (Å²) in [4.78, 5) is 22.2. The van der Waals surface area contributed by atoms with Crippen molar-refractivity contribution in [3.8, 4) is 0 Å². The molecule has 0 aliphatic carbocycles. The molecule has 0 heterocycles. The summed E-state index contributed by atoms with van der Waals surface area (Å²) in [5.41, 5.74) is -0.302. The molecule has 0 aliphatic rings. The van der Waals surface area contributed by atoms with Crippen LogP contribution in [0.1, 0.15) is 23.7 Å². The van der Waals surface area contributed by atoms with E-state index in [4.69, 9.17) is 27.9 Å². The monoisotopic (exact) mass is 320 g/mol. The molecule has 0 saturated carbocycles. The van der Waals surface area contributed by atoms with E-state index in [0.717, 1.165) is 12.1 Å². The summed E-state index contributed by atoms with van der Waals surface area (Å²) in [5.74, 6) is -0.510. The van der Waals surface area contributed by atoms with Crippen LogP contribution < -0.4 is 5.32 Å². The lowest BCUT2D eigenvalue weighted by Crippen LogP contribution is -2.33. The van der Waals surface area contributed by atoms with Gasteiger partial charge in [-0.05, 0) is 13.3 Å². The van der Waals surface area contributed by atoms with Gasteiger partial charge >= 0.3 is 0 Å². The van der Waals surface area contributed by atoms with E-state index in [-0.39, 0.29) is 27.3 Å². The molecule has 1 amide bonds. The zero-order valence-corrected chi connectivity index (χ0v) is 12.5. The van der Waals surface area contributed by atoms with Crippen molar-refractivity contribution < 1.29 is 14.5 Å². The fraction of sp³-hybridized carbons (Fsp3) is 0.417. The predicted molar refractivity (Wildman–Crippen MR) is 76.5 cm³/mol. The number of rotatable bonds is 6. The highest BCUT2D eigenvalue weighted by molar-refractivity contribution is 6.44. The van der Waals surface area contributed by atoms with Crippen LogP contribution in [0.15, 0.2) is 12.1 Å². The van der Waals surface area contributed by atoms with Crippen LogP contribution in [0.4, 0.5) is 5.69 Å². The van der Waals surface area contributed by atoms with Crippen molar-refractivity contribution in [3.63, 3.8) is 0 Å². The van der Waals surface area contributed by atoms with Crippen molar-refractivity contribution in [2.75, 3.05) is 13.7 Å². The van der Waals surface area contributed by atoms with Crippen molar-refractivity contribution in [2.24, 2.45) is 0 Å². The van der Waals surface area contributed by atoms with Gasteiger partial charge in [-0.15, -0.1) is 0 Å². The summed E-state index contributed by atoms with van der Waals surface area (Å²) in [5, 5.41) is 13.4. The third-order valence-corrected chi connectivity index (χ3v) is 3.40. The minimum Gasteiger partial charge on any atom is -0.385 e. The Morgan fingerprint density at radius 2 is 2.15 bits per heavy atom. The zero-order chi connectivity index (χ0) is 15.3. The number of benzene rings is 1. The normalized spacial score (nSPS) is 12.0. The molecule has 0 radical (unpaired) electrons. The number of carbonyl (C=O) groups excluding carboxylic acids is 1. The molecule has 0 bridgehead atoms. The van der Waals surface area contributed by atoms with Crippen molar-refractivity contribution in [2.45, 2.75) is 19.4 Å². The van der Waals surface area contributed by atoms with Gasteiger partial charge in [0.2, 0.25) is 0 Å². The molecule has 1 aromatic carbocycles. The Morgan fingerprint density at radius 1 is 1.50 bits per heavy atom. The van der Waals surface area contributed by atoms with Crippen LogP contribution in [-0.4, -0.2) is 30.6 Å². The second-order valence-corrected chi connectivity index (χ2v) is 4.99. The first-order chi connectivity index (χ1) is 9.36. The maximum atomic E-state index is 12.0. The molecular formula is C12H14Cl2N2O4. The summed E-state index contributed by atoms with van der Waals surface area (Å²) >= 11 is 11.7. The molecule has 0 aliphatic heterocycles. The van der Waals surface area contributed by atoms with E-state index in [0.29, 0.717) is 13.0 Å². The van der Waals surface area contributed by atoms with Gasteiger partial charge in [0.25, 0.3) is 11.6 Å². The third-order valence-electron chi connectivity index (χ3n) is 2.60. The smallest absolute Gasteiger partial charge is 0.271 e. The Labute approximate surface area is 126 Å². The standard InChI is InChI=1S/C12H14Cl2N2O4/c1-7(3-4-20-2)15-12(17)9-5-8(16(18)19)6-10(13)11(9)14/h5-7H,3-4H2,1-2H3,(H,15,17). The average molecular weight is 321 g/mol. The Bertz CT molecular complexity index is 522. The molecule has 20 heavy (non-hydrogen) atoms. The summed E-state index contributed by atoms with van der Waals surface area (Å²) in [7, 11) is 1.56. The number of nitro benzene ring substituents is 1. The zero-order valence-electron chi connectivity index (χ0n) is 11.0. The Balaban J connectivity index is 2.94. The first kappa shape index (κ1) is 16.7. The predicted octanol–water partition coefficient (Wildman–Crippen LogP) is 3.06. The van der Waals surface area contributed by atoms with Gasteiger partial charge < -0.3 is 10.1 Å². The number of halogens is 2. The topological polar surface area (TPSA) is 81.5 Å². The van der Waals surface area contributed by atoms with Crippen LogP contribution in [-0.2, 0) is 4.74 Å². The molecule has 1 unspecified atom stereocenters. The summed E-state index contributed by atoms with van der Waals surface area (Å²) in [6.07, 6.45) is 0.614. The van der Waals surface area contributed by atoms with Gasteiger partial charge in [0, 0.05) is 31.9 Å². The second-order valence-electron chi connectivity index (χ2n) is 4.20. The molecule has 0 spiro atoms. The lowest BCUT2D eigenvalue weighted by Gasteiger charge is -2.14. The fourth-order valence-corrected chi connectivity index (χ4v) is 1.92. The van der Waals surface area contributed by atoms with Crippen molar-refractivity contribution >= 4 is 34.8 Å². The molecule has 1 N–H and O–H groups in total. The van der Waals surface area contributed by atoms with Gasteiger partial charge in [-0.25, -0.2) is 0 Å². The van der Waals surface area contributed by atoms with Crippen LogP contribution in [0.25, 0.3) is 0 Å². The first-order valence-electron chi connectivity index (χ1n) is 5.80. The van der Waals surface area contributed by atoms with Gasteiger partial charge in [0.05, 0.1) is 20.5 Å². The maximum Gasteiger partial charge on any atom is 0.271 e.